The number of rotatable bonds is 8. The van der Waals surface area contributed by atoms with Gasteiger partial charge in [0.25, 0.3) is 0 Å². The van der Waals surface area contributed by atoms with Gasteiger partial charge in [-0.3, -0.25) is 24.3 Å². The highest BCUT2D eigenvalue weighted by molar-refractivity contribution is 6.29. The first-order valence-corrected chi connectivity index (χ1v) is 13.6. The Hall–Kier alpha value is -5.03. The predicted octanol–water partition coefficient (Wildman–Crippen LogP) is 3.29. The number of halogens is 1. The van der Waals surface area contributed by atoms with Gasteiger partial charge in [-0.15, -0.1) is 5.10 Å². The molecule has 2 heterocycles. The Balaban J connectivity index is 1.44. The summed E-state index contributed by atoms with van der Waals surface area (Å²) in [5.74, 6) is -1.13. The first kappa shape index (κ1) is 28.5. The van der Waals surface area contributed by atoms with Gasteiger partial charge in [-0.2, -0.15) is 0 Å². The average Bonchev–Trinajstić information content (AvgIpc) is 3.41. The van der Waals surface area contributed by atoms with Crippen molar-refractivity contribution in [3.05, 3.63) is 94.8 Å². The molecule has 1 aliphatic heterocycles. The van der Waals surface area contributed by atoms with Crippen LogP contribution < -0.4 is 16.0 Å². The van der Waals surface area contributed by atoms with E-state index >= 15 is 0 Å². The lowest BCUT2D eigenvalue weighted by Gasteiger charge is -2.38. The summed E-state index contributed by atoms with van der Waals surface area (Å²) < 4.78 is 1.46. The minimum atomic E-state index is -0.946. The quantitative estimate of drug-likeness (QED) is 0.241. The Bertz CT molecular complexity index is 1670. The molecule has 5 rings (SSSR count). The molecule has 0 aliphatic carbocycles. The van der Waals surface area contributed by atoms with Crippen LogP contribution in [0.5, 0.6) is 0 Å². The fourth-order valence-corrected chi connectivity index (χ4v) is 4.98. The van der Waals surface area contributed by atoms with E-state index in [4.69, 9.17) is 17.3 Å². The monoisotopic (exact) mass is 584 g/mol. The zero-order valence-corrected chi connectivity index (χ0v) is 23.8. The molecule has 0 spiro atoms. The normalized spacial score (nSPS) is 14.5. The Morgan fingerprint density at radius 3 is 2.57 bits per heavy atom. The number of aromatic nitrogens is 3. The van der Waals surface area contributed by atoms with Crippen molar-refractivity contribution in [2.24, 2.45) is 4.99 Å². The molecule has 3 amide bonds. The number of nitrogen functional groups attached to an aromatic ring is 1. The fourth-order valence-electron chi connectivity index (χ4n) is 4.85. The number of aliphatic imine (C=N–C) groups is 1. The highest BCUT2D eigenvalue weighted by Crippen LogP contribution is 2.29. The number of amides is 3. The van der Waals surface area contributed by atoms with Crippen molar-refractivity contribution in [1.82, 2.24) is 19.9 Å². The van der Waals surface area contributed by atoms with Gasteiger partial charge in [0.2, 0.25) is 17.7 Å². The van der Waals surface area contributed by atoms with Crippen molar-refractivity contribution >= 4 is 52.6 Å². The summed E-state index contributed by atoms with van der Waals surface area (Å²) in [6, 6.07) is 18.9. The molecule has 1 fully saturated rings. The maximum atomic E-state index is 13.7. The van der Waals surface area contributed by atoms with Gasteiger partial charge in [-0.05, 0) is 48.4 Å². The zero-order valence-electron chi connectivity index (χ0n) is 23.1. The van der Waals surface area contributed by atoms with Gasteiger partial charge in [0, 0.05) is 36.6 Å². The van der Waals surface area contributed by atoms with Crippen molar-refractivity contribution in [2.75, 3.05) is 36.1 Å². The summed E-state index contributed by atoms with van der Waals surface area (Å²) in [7, 11) is 1.63. The minimum absolute atomic E-state index is 0.193. The third-order valence-electron chi connectivity index (χ3n) is 6.93. The number of nitrogens with two attached hydrogens (primary N) is 1. The SMILES string of the molecule is CN=Cc1cc(NC(=O)C(Cc2ccccc2)N2CC(=O)N(c3cc(C)ccc3-n3cc(Cl)nn3)CC2=O)ccc1N. The second-order valence-electron chi connectivity index (χ2n) is 9.91. The number of hydrogen-bond acceptors (Lipinski definition) is 7. The van der Waals surface area contributed by atoms with Crippen LogP contribution in [0, 0.1) is 6.92 Å². The van der Waals surface area contributed by atoms with Crippen LogP contribution in [0.15, 0.2) is 77.9 Å². The molecule has 0 bridgehead atoms. The lowest BCUT2D eigenvalue weighted by atomic mass is 10.0. The van der Waals surface area contributed by atoms with Gasteiger partial charge in [0.05, 0.1) is 17.6 Å². The summed E-state index contributed by atoms with van der Waals surface area (Å²) >= 11 is 5.99. The van der Waals surface area contributed by atoms with E-state index in [1.54, 1.807) is 43.6 Å². The number of carbonyl (C=O) groups is 3. The molecule has 1 saturated heterocycles. The van der Waals surface area contributed by atoms with Crippen LogP contribution >= 0.6 is 11.6 Å². The molecule has 1 aliphatic rings. The van der Waals surface area contributed by atoms with Crippen molar-refractivity contribution < 1.29 is 14.4 Å². The highest BCUT2D eigenvalue weighted by atomic mass is 35.5. The zero-order chi connectivity index (χ0) is 29.8. The van der Waals surface area contributed by atoms with Gasteiger partial charge in [-0.25, -0.2) is 4.68 Å². The van der Waals surface area contributed by atoms with E-state index in [2.05, 4.69) is 20.6 Å². The van der Waals surface area contributed by atoms with E-state index in [0.717, 1.165) is 11.1 Å². The minimum Gasteiger partial charge on any atom is -0.398 e. The number of nitrogens with one attached hydrogen (secondary N) is 1. The van der Waals surface area contributed by atoms with Crippen LogP contribution in [0.1, 0.15) is 16.7 Å². The lowest BCUT2D eigenvalue weighted by molar-refractivity contribution is -0.143. The second-order valence-corrected chi connectivity index (χ2v) is 10.3. The first-order valence-electron chi connectivity index (χ1n) is 13.2. The number of benzene rings is 3. The Morgan fingerprint density at radius 2 is 1.86 bits per heavy atom. The van der Waals surface area contributed by atoms with Crippen LogP contribution in [0.2, 0.25) is 5.15 Å². The van der Waals surface area contributed by atoms with Gasteiger partial charge >= 0.3 is 0 Å². The van der Waals surface area contributed by atoms with Crippen LogP contribution in [0.4, 0.5) is 17.1 Å². The Morgan fingerprint density at radius 1 is 1.07 bits per heavy atom. The number of carbonyl (C=O) groups excluding carboxylic acids is 3. The predicted molar refractivity (Wildman–Crippen MR) is 162 cm³/mol. The van der Waals surface area contributed by atoms with Crippen LogP contribution in [-0.2, 0) is 20.8 Å². The molecule has 4 aromatic rings. The summed E-state index contributed by atoms with van der Waals surface area (Å²) in [6.07, 6.45) is 3.34. The van der Waals surface area contributed by atoms with Gasteiger partial charge in [-0.1, -0.05) is 53.2 Å². The van der Waals surface area contributed by atoms with E-state index in [0.29, 0.717) is 28.3 Å². The summed E-state index contributed by atoms with van der Waals surface area (Å²) in [4.78, 5) is 47.8. The number of piperazine rings is 1. The summed E-state index contributed by atoms with van der Waals surface area (Å²) in [5, 5.41) is 10.9. The summed E-state index contributed by atoms with van der Waals surface area (Å²) in [5.41, 5.74) is 10.5. The van der Waals surface area contributed by atoms with Crippen molar-refractivity contribution in [2.45, 2.75) is 19.4 Å². The molecule has 214 valence electrons. The molecule has 0 radical (unpaired) electrons. The molecule has 3 N–H and O–H groups in total. The molecule has 1 aromatic heterocycles. The average molecular weight is 585 g/mol. The summed E-state index contributed by atoms with van der Waals surface area (Å²) in [6.45, 7) is 1.35. The standard InChI is InChI=1S/C30H29ClN8O3/c1-19-8-11-24(39-16-27(31)35-36-39)25(12-19)37-17-29(41)38(18-28(37)40)26(13-20-6-4-3-5-7-20)30(42)34-22-9-10-23(32)21(14-22)15-33-2/h3-12,14-16,26H,13,17-18,32H2,1-2H3,(H,34,42). The third kappa shape index (κ3) is 6.16. The lowest BCUT2D eigenvalue weighted by Crippen LogP contribution is -2.60. The van der Waals surface area contributed by atoms with Gasteiger partial charge < -0.3 is 16.0 Å². The van der Waals surface area contributed by atoms with E-state index in [9.17, 15) is 14.4 Å². The molecule has 3 aromatic carbocycles. The van der Waals surface area contributed by atoms with E-state index < -0.39 is 11.9 Å². The highest BCUT2D eigenvalue weighted by Gasteiger charge is 2.39. The van der Waals surface area contributed by atoms with Crippen molar-refractivity contribution in [3.63, 3.8) is 0 Å². The van der Waals surface area contributed by atoms with E-state index in [1.165, 1.54) is 20.7 Å². The fraction of sp³-hybridized carbons (Fsp3) is 0.200. The van der Waals surface area contributed by atoms with E-state index in [-0.39, 0.29) is 36.5 Å². The Labute approximate surface area is 247 Å². The van der Waals surface area contributed by atoms with Gasteiger partial charge in [0.15, 0.2) is 5.15 Å². The van der Waals surface area contributed by atoms with E-state index in [1.807, 2.05) is 43.3 Å². The van der Waals surface area contributed by atoms with Crippen LogP contribution in [0.25, 0.3) is 5.69 Å². The molecule has 12 heteroatoms. The van der Waals surface area contributed by atoms with Crippen molar-refractivity contribution in [1.29, 1.82) is 0 Å². The number of hydrogen-bond donors (Lipinski definition) is 2. The second kappa shape index (κ2) is 12.2. The first-order chi connectivity index (χ1) is 20.2. The number of nitrogens with zero attached hydrogens (tertiary/aromatic N) is 6. The topological polar surface area (TPSA) is 139 Å². The third-order valence-corrected chi connectivity index (χ3v) is 7.10. The maximum Gasteiger partial charge on any atom is 0.247 e. The van der Waals surface area contributed by atoms with Gasteiger partial charge in [0.1, 0.15) is 19.1 Å². The molecule has 0 saturated carbocycles. The van der Waals surface area contributed by atoms with Crippen molar-refractivity contribution in [3.8, 4) is 5.69 Å². The molecular weight excluding hydrogens is 556 g/mol. The number of aryl methyl sites for hydroxylation is 1. The molecular formula is C30H29ClN8O3. The number of anilines is 3. The van der Waals surface area contributed by atoms with Crippen LogP contribution in [-0.4, -0.2) is 70.0 Å². The maximum absolute atomic E-state index is 13.7. The molecule has 11 nitrogen and oxygen atoms in total. The Kier molecular flexibility index (Phi) is 8.30. The van der Waals surface area contributed by atoms with Crippen LogP contribution in [0.3, 0.4) is 0 Å². The smallest absolute Gasteiger partial charge is 0.247 e. The molecule has 1 unspecified atom stereocenters. The largest absolute Gasteiger partial charge is 0.398 e. The molecule has 42 heavy (non-hydrogen) atoms. The molecule has 1 atom stereocenters.